The lowest BCUT2D eigenvalue weighted by molar-refractivity contribution is 0.161. The SMILES string of the molecule is Oc1cncc(-c2nc(C3=CCOCC3)c3ncn(C4CCN(Cc5ccccn5)CC4)c3n2)c1. The molecule has 2 aliphatic rings. The summed E-state index contributed by atoms with van der Waals surface area (Å²) in [4.78, 5) is 25.6. The van der Waals surface area contributed by atoms with Crippen LogP contribution in [0.5, 0.6) is 5.75 Å². The van der Waals surface area contributed by atoms with Gasteiger partial charge >= 0.3 is 0 Å². The van der Waals surface area contributed by atoms with Gasteiger partial charge in [0.1, 0.15) is 11.3 Å². The van der Waals surface area contributed by atoms with Crippen LogP contribution in [0.4, 0.5) is 0 Å². The van der Waals surface area contributed by atoms with E-state index in [0.717, 1.165) is 67.0 Å². The first-order valence-corrected chi connectivity index (χ1v) is 12.0. The Hall–Kier alpha value is -3.69. The van der Waals surface area contributed by atoms with Gasteiger partial charge in [-0.25, -0.2) is 15.0 Å². The summed E-state index contributed by atoms with van der Waals surface area (Å²) < 4.78 is 7.73. The second-order valence-corrected chi connectivity index (χ2v) is 9.03. The highest BCUT2D eigenvalue weighted by Gasteiger charge is 2.25. The maximum atomic E-state index is 9.98. The van der Waals surface area contributed by atoms with Crippen LogP contribution in [0, 0.1) is 0 Å². The van der Waals surface area contributed by atoms with Gasteiger partial charge in [0, 0.05) is 43.6 Å². The lowest BCUT2D eigenvalue weighted by Crippen LogP contribution is -2.34. The topological polar surface area (TPSA) is 102 Å². The molecule has 6 heterocycles. The normalized spacial score (nSPS) is 17.5. The zero-order chi connectivity index (χ0) is 23.6. The molecule has 1 N–H and O–H groups in total. The van der Waals surface area contributed by atoms with E-state index in [2.05, 4.69) is 31.6 Å². The third-order valence-electron chi connectivity index (χ3n) is 6.73. The van der Waals surface area contributed by atoms with Crippen molar-refractivity contribution in [2.75, 3.05) is 26.3 Å². The molecule has 0 spiro atoms. The number of hydrogen-bond acceptors (Lipinski definition) is 8. The Morgan fingerprint density at radius 1 is 1.09 bits per heavy atom. The third-order valence-corrected chi connectivity index (χ3v) is 6.73. The van der Waals surface area contributed by atoms with E-state index in [-0.39, 0.29) is 5.75 Å². The zero-order valence-electron chi connectivity index (χ0n) is 19.4. The molecule has 0 bridgehead atoms. The van der Waals surface area contributed by atoms with Crippen molar-refractivity contribution in [1.82, 2.24) is 34.4 Å². The standard InChI is InChI=1S/C26H27N7O2/c34-22-13-19(14-27-15-22)25-30-23(18-6-11-35-12-7-18)24-26(31-25)33(17-29-24)21-4-9-32(10-5-21)16-20-3-1-2-8-28-20/h1-3,6,8,13-15,17,21,34H,4-5,7,9-12,16H2. The fraction of sp³-hybridized carbons (Fsp3) is 0.346. The molecule has 0 amide bonds. The summed E-state index contributed by atoms with van der Waals surface area (Å²) in [6.45, 7) is 4.08. The maximum Gasteiger partial charge on any atom is 0.164 e. The highest BCUT2D eigenvalue weighted by molar-refractivity contribution is 5.87. The molecule has 1 saturated heterocycles. The second kappa shape index (κ2) is 9.52. The van der Waals surface area contributed by atoms with Gasteiger partial charge in [0.05, 0.1) is 37.1 Å². The van der Waals surface area contributed by atoms with Gasteiger partial charge in [-0.3, -0.25) is 14.9 Å². The highest BCUT2D eigenvalue weighted by Crippen LogP contribution is 2.32. The van der Waals surface area contributed by atoms with Gasteiger partial charge in [-0.05, 0) is 43.0 Å². The largest absolute Gasteiger partial charge is 0.506 e. The number of fused-ring (bicyclic) bond motifs is 1. The molecule has 4 aromatic heterocycles. The van der Waals surface area contributed by atoms with Crippen LogP contribution in [0.15, 0.2) is 55.3 Å². The zero-order valence-corrected chi connectivity index (χ0v) is 19.4. The van der Waals surface area contributed by atoms with Crippen LogP contribution in [0.1, 0.15) is 36.7 Å². The van der Waals surface area contributed by atoms with Gasteiger partial charge in [0.2, 0.25) is 0 Å². The van der Waals surface area contributed by atoms with Crippen molar-refractivity contribution < 1.29 is 9.84 Å². The van der Waals surface area contributed by atoms with Crippen LogP contribution >= 0.6 is 0 Å². The van der Waals surface area contributed by atoms with E-state index < -0.39 is 0 Å². The van der Waals surface area contributed by atoms with Crippen molar-refractivity contribution in [2.24, 2.45) is 0 Å². The fourth-order valence-electron chi connectivity index (χ4n) is 4.91. The molecule has 6 rings (SSSR count). The van der Waals surface area contributed by atoms with E-state index >= 15 is 0 Å². The second-order valence-electron chi connectivity index (χ2n) is 9.03. The van der Waals surface area contributed by atoms with Crippen molar-refractivity contribution in [3.63, 3.8) is 0 Å². The molecule has 35 heavy (non-hydrogen) atoms. The molecule has 4 aromatic rings. The van der Waals surface area contributed by atoms with Gasteiger partial charge < -0.3 is 14.4 Å². The Kier molecular flexibility index (Phi) is 5.93. The summed E-state index contributed by atoms with van der Waals surface area (Å²) in [6, 6.07) is 8.02. The molecule has 0 atom stereocenters. The van der Waals surface area contributed by atoms with E-state index in [4.69, 9.17) is 19.7 Å². The summed E-state index contributed by atoms with van der Waals surface area (Å²) in [7, 11) is 0. The molecule has 178 valence electrons. The number of aromatic hydroxyl groups is 1. The van der Waals surface area contributed by atoms with Crippen molar-refractivity contribution in [1.29, 1.82) is 0 Å². The van der Waals surface area contributed by atoms with E-state index in [1.54, 1.807) is 12.3 Å². The molecule has 9 heteroatoms. The van der Waals surface area contributed by atoms with Crippen LogP contribution < -0.4 is 0 Å². The van der Waals surface area contributed by atoms with Gasteiger partial charge in [-0.15, -0.1) is 0 Å². The fourth-order valence-corrected chi connectivity index (χ4v) is 4.91. The summed E-state index contributed by atoms with van der Waals surface area (Å²) >= 11 is 0. The number of piperidine rings is 1. The number of likely N-dealkylation sites (tertiary alicyclic amines) is 1. The molecule has 0 unspecified atom stereocenters. The van der Waals surface area contributed by atoms with E-state index in [0.29, 0.717) is 30.6 Å². The van der Waals surface area contributed by atoms with E-state index in [1.807, 2.05) is 24.7 Å². The minimum Gasteiger partial charge on any atom is -0.506 e. The van der Waals surface area contributed by atoms with E-state index in [1.165, 1.54) is 6.20 Å². The highest BCUT2D eigenvalue weighted by atomic mass is 16.5. The number of nitrogens with zero attached hydrogens (tertiary/aromatic N) is 7. The predicted octanol–water partition coefficient (Wildman–Crippen LogP) is 3.63. The summed E-state index contributed by atoms with van der Waals surface area (Å²) in [5.41, 5.74) is 5.37. The minimum absolute atomic E-state index is 0.0896. The van der Waals surface area contributed by atoms with Crippen molar-refractivity contribution >= 4 is 16.7 Å². The monoisotopic (exact) mass is 469 g/mol. The van der Waals surface area contributed by atoms with Gasteiger partial charge in [0.25, 0.3) is 0 Å². The number of pyridine rings is 2. The summed E-state index contributed by atoms with van der Waals surface area (Å²) in [5.74, 6) is 0.629. The van der Waals surface area contributed by atoms with Crippen LogP contribution in [0.3, 0.4) is 0 Å². The molecule has 0 aliphatic carbocycles. The molecule has 0 aromatic carbocycles. The van der Waals surface area contributed by atoms with Gasteiger partial charge in [0.15, 0.2) is 11.5 Å². The first kappa shape index (κ1) is 21.8. The molecule has 1 fully saturated rings. The Morgan fingerprint density at radius 3 is 2.77 bits per heavy atom. The van der Waals surface area contributed by atoms with E-state index in [9.17, 15) is 5.11 Å². The predicted molar refractivity (Wildman–Crippen MR) is 131 cm³/mol. The Bertz CT molecular complexity index is 1360. The number of hydrogen-bond donors (Lipinski definition) is 1. The van der Waals surface area contributed by atoms with Crippen LogP contribution in [0.2, 0.25) is 0 Å². The Balaban J connectivity index is 1.33. The molecule has 9 nitrogen and oxygen atoms in total. The molecule has 2 aliphatic heterocycles. The van der Waals surface area contributed by atoms with Gasteiger partial charge in [-0.1, -0.05) is 12.1 Å². The van der Waals surface area contributed by atoms with Crippen molar-refractivity contribution in [2.45, 2.75) is 31.8 Å². The van der Waals surface area contributed by atoms with Crippen molar-refractivity contribution in [3.8, 4) is 17.1 Å². The smallest absolute Gasteiger partial charge is 0.164 e. The summed E-state index contributed by atoms with van der Waals surface area (Å²) in [5, 5.41) is 9.98. The number of ether oxygens (including phenoxy) is 1. The van der Waals surface area contributed by atoms with Crippen LogP contribution in [-0.4, -0.2) is 65.8 Å². The Morgan fingerprint density at radius 2 is 2.00 bits per heavy atom. The maximum absolute atomic E-state index is 9.98. The van der Waals surface area contributed by atoms with Crippen LogP contribution in [-0.2, 0) is 11.3 Å². The molecule has 0 saturated carbocycles. The first-order chi connectivity index (χ1) is 17.2. The quantitative estimate of drug-likeness (QED) is 0.473. The number of rotatable bonds is 5. The first-order valence-electron chi connectivity index (χ1n) is 12.0. The molecular formula is C26H27N7O2. The number of aromatic nitrogens is 6. The number of imidazole rings is 1. The lowest BCUT2D eigenvalue weighted by atomic mass is 10.0. The van der Waals surface area contributed by atoms with Crippen molar-refractivity contribution in [3.05, 3.63) is 66.6 Å². The molecule has 0 radical (unpaired) electrons. The lowest BCUT2D eigenvalue weighted by Gasteiger charge is -2.32. The summed E-state index contributed by atoms with van der Waals surface area (Å²) in [6.07, 6.45) is 11.7. The average Bonchev–Trinajstić information content (AvgIpc) is 3.34. The average molecular weight is 470 g/mol. The van der Waals surface area contributed by atoms with Crippen LogP contribution in [0.25, 0.3) is 28.1 Å². The third kappa shape index (κ3) is 4.52. The molecular weight excluding hydrogens is 442 g/mol. The minimum atomic E-state index is 0.0896. The Labute approximate surface area is 203 Å². The van der Waals surface area contributed by atoms with Gasteiger partial charge in [-0.2, -0.15) is 0 Å².